The zero-order valence-corrected chi connectivity index (χ0v) is 21.1. The number of rotatable bonds is 10. The van der Waals surface area contributed by atoms with Crippen LogP contribution in [0, 0.1) is 13.8 Å². The van der Waals surface area contributed by atoms with Crippen LogP contribution >= 0.6 is 0 Å². The summed E-state index contributed by atoms with van der Waals surface area (Å²) in [4.78, 5) is 30.0. The molecule has 188 valence electrons. The van der Waals surface area contributed by atoms with E-state index in [0.717, 1.165) is 37.3 Å². The van der Waals surface area contributed by atoms with E-state index in [2.05, 4.69) is 33.9 Å². The number of aliphatic hydroxyl groups excluding tert-OH is 2. The minimum atomic E-state index is -0.707. The third-order valence-corrected chi connectivity index (χ3v) is 6.07. The molecule has 2 aromatic heterocycles. The maximum Gasteiger partial charge on any atom is 0.210 e. The summed E-state index contributed by atoms with van der Waals surface area (Å²) in [5.74, 6) is 0.951. The number of hydrogen-bond acceptors (Lipinski definition) is 9. The average Bonchev–Trinajstić information content (AvgIpc) is 3.44. The molecule has 0 saturated heterocycles. The van der Waals surface area contributed by atoms with Gasteiger partial charge in [-0.25, -0.2) is 15.0 Å². The number of nitrogens with zero attached hydrogens (tertiary/aromatic N) is 7. The molecule has 0 atom stereocenters. The Kier molecular flexibility index (Phi) is 7.66. The number of aliphatic hydroxyl groups is 2. The van der Waals surface area contributed by atoms with Crippen molar-refractivity contribution in [1.29, 1.82) is 0 Å². The molecule has 36 heavy (non-hydrogen) atoms. The van der Waals surface area contributed by atoms with Gasteiger partial charge < -0.3 is 15.1 Å². The van der Waals surface area contributed by atoms with E-state index in [-0.39, 0.29) is 23.9 Å². The Balaban J connectivity index is 1.76. The molecule has 0 fully saturated rings. The molecule has 3 aromatic rings. The summed E-state index contributed by atoms with van der Waals surface area (Å²) < 4.78 is 0. The number of carbonyl (C=O) groups is 1. The summed E-state index contributed by atoms with van der Waals surface area (Å²) in [6.45, 7) is 8.98. The number of unbranched alkanes of at least 4 members (excludes halogenated alkanes) is 1. The van der Waals surface area contributed by atoms with Crippen LogP contribution in [0.2, 0.25) is 0 Å². The number of aryl methyl sites for hydroxylation is 2. The predicted octanol–water partition coefficient (Wildman–Crippen LogP) is 2.98. The van der Waals surface area contributed by atoms with Gasteiger partial charge in [-0.15, -0.1) is 15.0 Å². The van der Waals surface area contributed by atoms with Gasteiger partial charge in [-0.3, -0.25) is 4.79 Å². The fraction of sp³-hybridized carbons (Fsp3) is 0.385. The Hall–Kier alpha value is -3.76. The van der Waals surface area contributed by atoms with E-state index >= 15 is 0 Å². The first-order chi connectivity index (χ1) is 17.4. The molecule has 1 aliphatic heterocycles. The molecule has 0 saturated carbocycles. The van der Waals surface area contributed by atoms with E-state index in [1.807, 2.05) is 44.2 Å². The van der Waals surface area contributed by atoms with Crippen molar-refractivity contribution >= 4 is 28.7 Å². The number of pyridine rings is 1. The van der Waals surface area contributed by atoms with Crippen molar-refractivity contribution < 1.29 is 15.0 Å². The lowest BCUT2D eigenvalue weighted by molar-refractivity contribution is -0.115. The van der Waals surface area contributed by atoms with E-state index < -0.39 is 12.4 Å². The molecule has 4 rings (SSSR count). The highest BCUT2D eigenvalue weighted by molar-refractivity contribution is 6.71. The fourth-order valence-corrected chi connectivity index (χ4v) is 4.02. The van der Waals surface area contributed by atoms with E-state index in [1.54, 1.807) is 0 Å². The van der Waals surface area contributed by atoms with E-state index in [0.29, 0.717) is 28.3 Å². The monoisotopic (exact) mass is 489 g/mol. The highest BCUT2D eigenvalue weighted by Crippen LogP contribution is 2.27. The second-order valence-electron chi connectivity index (χ2n) is 8.66. The minimum absolute atomic E-state index is 0.00715. The van der Waals surface area contributed by atoms with Gasteiger partial charge in [0, 0.05) is 18.7 Å². The summed E-state index contributed by atoms with van der Waals surface area (Å²) in [6, 6.07) is 9.41. The number of aliphatic imine (C=N–C) groups is 1. The Morgan fingerprint density at radius 2 is 1.92 bits per heavy atom. The standard InChI is InChI=1S/C26H31N7O3/c1-5-7-12-32(6-2)22-11-10-20(17(4)27-22)28-24-23(21(36)15-35)30-33-26(24)29-25(31-33)19-13-16(3)8-9-18(19)14-34/h8-11,13,34-35H,5-7,12,14-15H2,1-4H3. The lowest BCUT2D eigenvalue weighted by Crippen LogP contribution is -2.25. The maximum atomic E-state index is 12.5. The van der Waals surface area contributed by atoms with Gasteiger partial charge in [-0.1, -0.05) is 31.0 Å². The number of Topliss-reactive ketones (excluding diaryl/α,β-unsaturated/α-hetero) is 1. The molecule has 0 aliphatic carbocycles. The van der Waals surface area contributed by atoms with Gasteiger partial charge in [-0.05, 0) is 51.0 Å². The lowest BCUT2D eigenvalue weighted by atomic mass is 10.0. The van der Waals surface area contributed by atoms with Gasteiger partial charge in [0.1, 0.15) is 18.1 Å². The first-order valence-electron chi connectivity index (χ1n) is 12.1. The molecule has 0 spiro atoms. The molecule has 1 aliphatic rings. The summed E-state index contributed by atoms with van der Waals surface area (Å²) in [5.41, 5.74) is 3.84. The number of anilines is 1. The molecular formula is C26H31N7O3. The van der Waals surface area contributed by atoms with Crippen LogP contribution in [0.3, 0.4) is 0 Å². The minimum Gasteiger partial charge on any atom is -0.392 e. The molecule has 10 nitrogen and oxygen atoms in total. The number of fused-ring (bicyclic) bond motifs is 1. The van der Waals surface area contributed by atoms with Crippen molar-refractivity contribution in [2.75, 3.05) is 24.6 Å². The van der Waals surface area contributed by atoms with Crippen LogP contribution < -0.4 is 4.90 Å². The first kappa shape index (κ1) is 25.3. The van der Waals surface area contributed by atoms with Crippen LogP contribution in [0.1, 0.15) is 49.3 Å². The van der Waals surface area contributed by atoms with Gasteiger partial charge in [0.2, 0.25) is 11.6 Å². The Labute approximate surface area is 210 Å². The van der Waals surface area contributed by atoms with Gasteiger partial charge in [0.05, 0.1) is 18.0 Å². The lowest BCUT2D eigenvalue weighted by Gasteiger charge is -2.22. The molecule has 0 bridgehead atoms. The zero-order chi connectivity index (χ0) is 25.8. The molecule has 0 amide bonds. The Morgan fingerprint density at radius 3 is 2.58 bits per heavy atom. The largest absolute Gasteiger partial charge is 0.392 e. The van der Waals surface area contributed by atoms with Crippen LogP contribution in [-0.2, 0) is 11.4 Å². The van der Waals surface area contributed by atoms with Crippen molar-refractivity contribution in [3.05, 3.63) is 53.0 Å². The highest BCUT2D eigenvalue weighted by Gasteiger charge is 2.32. The molecule has 0 radical (unpaired) electrons. The molecular weight excluding hydrogens is 458 g/mol. The highest BCUT2D eigenvalue weighted by atomic mass is 16.3. The van der Waals surface area contributed by atoms with E-state index in [4.69, 9.17) is 9.98 Å². The molecule has 2 N–H and O–H groups in total. The topological polar surface area (TPSA) is 129 Å². The van der Waals surface area contributed by atoms with E-state index in [1.165, 1.54) is 4.79 Å². The van der Waals surface area contributed by atoms with Crippen LogP contribution in [0.5, 0.6) is 0 Å². The second-order valence-corrected chi connectivity index (χ2v) is 8.66. The van der Waals surface area contributed by atoms with Gasteiger partial charge >= 0.3 is 0 Å². The van der Waals surface area contributed by atoms with Gasteiger partial charge in [0.15, 0.2) is 11.5 Å². The summed E-state index contributed by atoms with van der Waals surface area (Å²) in [7, 11) is 0. The third-order valence-electron chi connectivity index (χ3n) is 6.07. The Bertz CT molecular complexity index is 1340. The van der Waals surface area contributed by atoms with Crippen LogP contribution in [0.15, 0.2) is 40.4 Å². The van der Waals surface area contributed by atoms with Crippen LogP contribution in [0.25, 0.3) is 11.4 Å². The Morgan fingerprint density at radius 1 is 1.11 bits per heavy atom. The normalized spacial score (nSPS) is 13.7. The predicted molar refractivity (Wildman–Crippen MR) is 139 cm³/mol. The number of aromatic nitrogens is 4. The fourth-order valence-electron chi connectivity index (χ4n) is 4.02. The molecule has 0 unspecified atom stereocenters. The summed E-state index contributed by atoms with van der Waals surface area (Å²) in [6.07, 6.45) is 2.19. The van der Waals surface area contributed by atoms with Crippen molar-refractivity contribution in [3.8, 4) is 11.4 Å². The molecule has 3 heterocycles. The maximum absolute atomic E-state index is 12.5. The summed E-state index contributed by atoms with van der Waals surface area (Å²) >= 11 is 0. The van der Waals surface area contributed by atoms with Crippen molar-refractivity contribution in [2.45, 2.75) is 47.1 Å². The number of ketones is 1. The van der Waals surface area contributed by atoms with Crippen LogP contribution in [-0.4, -0.2) is 67.0 Å². The van der Waals surface area contributed by atoms with E-state index in [9.17, 15) is 15.0 Å². The van der Waals surface area contributed by atoms with Gasteiger partial charge in [-0.2, -0.15) is 0 Å². The van der Waals surface area contributed by atoms with Crippen molar-refractivity contribution in [2.24, 2.45) is 10.1 Å². The number of carbonyl (C=O) groups excluding carboxylic acids is 1. The van der Waals surface area contributed by atoms with Crippen molar-refractivity contribution in [1.82, 2.24) is 19.9 Å². The number of benzene rings is 1. The molecule has 10 heteroatoms. The van der Waals surface area contributed by atoms with Crippen molar-refractivity contribution in [3.63, 3.8) is 0 Å². The molecule has 1 aromatic carbocycles. The van der Waals surface area contributed by atoms with Crippen LogP contribution in [0.4, 0.5) is 11.5 Å². The summed E-state index contributed by atoms with van der Waals surface area (Å²) in [5, 5.41) is 28.0. The number of hydrogen-bond donors (Lipinski definition) is 2. The zero-order valence-electron chi connectivity index (χ0n) is 21.1. The second kappa shape index (κ2) is 10.9. The third kappa shape index (κ3) is 4.95. The smallest absolute Gasteiger partial charge is 0.210 e. The average molecular weight is 490 g/mol. The quantitative estimate of drug-likeness (QED) is 0.448. The van der Waals surface area contributed by atoms with Gasteiger partial charge in [0.25, 0.3) is 0 Å². The SMILES string of the molecule is CCCCN(CC)c1ccc(N=C2C(C(=O)CO)=Nn3nc(-c4cc(C)ccc4CO)nc32)c(C)n1. The first-order valence-corrected chi connectivity index (χ1v) is 12.1.